The predicted octanol–water partition coefficient (Wildman–Crippen LogP) is 2.36. The molecule has 0 aromatic heterocycles. The van der Waals surface area contributed by atoms with Crippen LogP contribution >= 0.6 is 0 Å². The first-order chi connectivity index (χ1) is 9.97. The van der Waals surface area contributed by atoms with Crippen molar-refractivity contribution in [2.24, 2.45) is 5.73 Å². The number of hydrogen-bond donors (Lipinski definition) is 3. The molecular formula is C15H19FN2O3. The Morgan fingerprint density at radius 3 is 2.86 bits per heavy atom. The summed E-state index contributed by atoms with van der Waals surface area (Å²) in [6, 6.07) is 2.58. The van der Waals surface area contributed by atoms with Crippen LogP contribution in [0.15, 0.2) is 12.1 Å². The first-order valence-electron chi connectivity index (χ1n) is 7.07. The van der Waals surface area contributed by atoms with Crippen LogP contribution in [0, 0.1) is 5.82 Å². The number of rotatable bonds is 6. The minimum atomic E-state index is -0.834. The lowest BCUT2D eigenvalue weighted by Crippen LogP contribution is -2.21. The molecule has 114 valence electrons. The fraction of sp³-hybridized carbons (Fsp3) is 0.467. The van der Waals surface area contributed by atoms with Gasteiger partial charge in [0.25, 0.3) is 0 Å². The van der Waals surface area contributed by atoms with Gasteiger partial charge in [0.15, 0.2) is 0 Å². The van der Waals surface area contributed by atoms with E-state index in [-0.39, 0.29) is 12.3 Å². The number of fused-ring (bicyclic) bond motifs is 1. The molecule has 0 aliphatic carbocycles. The molecule has 0 spiro atoms. The number of hydrogen-bond acceptors (Lipinski definition) is 3. The summed E-state index contributed by atoms with van der Waals surface area (Å²) in [4.78, 5) is 21.7. The second-order valence-corrected chi connectivity index (χ2v) is 5.33. The van der Waals surface area contributed by atoms with Crippen molar-refractivity contribution in [3.63, 3.8) is 0 Å². The van der Waals surface area contributed by atoms with E-state index in [2.05, 4.69) is 5.32 Å². The first kappa shape index (κ1) is 15.4. The van der Waals surface area contributed by atoms with E-state index in [4.69, 9.17) is 10.8 Å². The third-order valence-electron chi connectivity index (χ3n) is 3.67. The number of amides is 1. The normalized spacial score (nSPS) is 15.2. The average Bonchev–Trinajstić information content (AvgIpc) is 2.42. The molecule has 4 N–H and O–H groups in total. The number of carboxylic acids is 1. The minimum absolute atomic E-state index is 0.103. The Labute approximate surface area is 122 Å². The molecule has 1 aromatic rings. The van der Waals surface area contributed by atoms with E-state index in [1.807, 2.05) is 0 Å². The van der Waals surface area contributed by atoms with Gasteiger partial charge in [-0.1, -0.05) is 6.42 Å². The summed E-state index contributed by atoms with van der Waals surface area (Å²) in [6.07, 6.45) is 2.79. The van der Waals surface area contributed by atoms with Crippen molar-refractivity contribution >= 4 is 17.6 Å². The summed E-state index contributed by atoms with van der Waals surface area (Å²) in [7, 11) is 0. The summed E-state index contributed by atoms with van der Waals surface area (Å²) < 4.78 is 14.1. The van der Waals surface area contributed by atoms with Crippen molar-refractivity contribution in [1.82, 2.24) is 0 Å². The molecule has 0 saturated heterocycles. The van der Waals surface area contributed by atoms with Gasteiger partial charge in [-0.3, -0.25) is 9.59 Å². The number of unbranched alkanes of at least 4 members (excludes halogenated alkanes) is 1. The van der Waals surface area contributed by atoms with Gasteiger partial charge >= 0.3 is 5.97 Å². The zero-order chi connectivity index (χ0) is 15.4. The highest BCUT2D eigenvalue weighted by Gasteiger charge is 2.20. The second kappa shape index (κ2) is 6.67. The Kier molecular flexibility index (Phi) is 4.90. The molecular weight excluding hydrogens is 275 g/mol. The molecule has 6 heteroatoms. The van der Waals surface area contributed by atoms with E-state index < -0.39 is 17.8 Å². The van der Waals surface area contributed by atoms with Gasteiger partial charge in [0, 0.05) is 30.1 Å². The molecule has 1 atom stereocenters. The molecule has 0 saturated carbocycles. The van der Waals surface area contributed by atoms with Crippen LogP contribution in [-0.4, -0.2) is 17.0 Å². The molecule has 0 radical (unpaired) electrons. The maximum atomic E-state index is 14.1. The van der Waals surface area contributed by atoms with Crippen molar-refractivity contribution in [2.45, 2.75) is 44.6 Å². The maximum absolute atomic E-state index is 14.1. The predicted molar refractivity (Wildman–Crippen MR) is 76.4 cm³/mol. The third-order valence-corrected chi connectivity index (χ3v) is 3.67. The Balaban J connectivity index is 2.02. The Bertz CT molecular complexity index is 560. The van der Waals surface area contributed by atoms with E-state index in [1.165, 1.54) is 6.07 Å². The summed E-state index contributed by atoms with van der Waals surface area (Å²) in [5, 5.41) is 11.2. The van der Waals surface area contributed by atoms with Gasteiger partial charge in [-0.05, 0) is 37.0 Å². The largest absolute Gasteiger partial charge is 0.481 e. The van der Waals surface area contributed by atoms with Crippen LogP contribution in [0.5, 0.6) is 0 Å². The molecule has 21 heavy (non-hydrogen) atoms. The van der Waals surface area contributed by atoms with Crippen molar-refractivity contribution in [2.75, 3.05) is 5.32 Å². The van der Waals surface area contributed by atoms with Crippen LogP contribution in [0.2, 0.25) is 0 Å². The monoisotopic (exact) mass is 294 g/mol. The van der Waals surface area contributed by atoms with Gasteiger partial charge < -0.3 is 16.2 Å². The lowest BCUT2D eigenvalue weighted by molar-refractivity contribution is -0.137. The van der Waals surface area contributed by atoms with E-state index in [1.54, 1.807) is 6.07 Å². The Morgan fingerprint density at radius 1 is 1.38 bits per heavy atom. The quantitative estimate of drug-likeness (QED) is 0.702. The van der Waals surface area contributed by atoms with Crippen molar-refractivity contribution in [1.29, 1.82) is 0 Å². The van der Waals surface area contributed by atoms with Gasteiger partial charge in [-0.25, -0.2) is 4.39 Å². The van der Waals surface area contributed by atoms with Crippen LogP contribution in [0.1, 0.15) is 49.3 Å². The highest BCUT2D eigenvalue weighted by Crippen LogP contribution is 2.29. The fourth-order valence-electron chi connectivity index (χ4n) is 2.50. The number of carboxylic acid groups (broad SMARTS) is 1. The summed E-state index contributed by atoms with van der Waals surface area (Å²) >= 11 is 0. The molecule has 2 rings (SSSR count). The van der Waals surface area contributed by atoms with E-state index in [9.17, 15) is 14.0 Å². The zero-order valence-electron chi connectivity index (χ0n) is 11.7. The minimum Gasteiger partial charge on any atom is -0.481 e. The van der Waals surface area contributed by atoms with Gasteiger partial charge in [0.1, 0.15) is 5.82 Å². The number of aryl methyl sites for hydroxylation is 1. The van der Waals surface area contributed by atoms with Crippen molar-refractivity contribution in [3.8, 4) is 0 Å². The van der Waals surface area contributed by atoms with Gasteiger partial charge in [-0.15, -0.1) is 0 Å². The first-order valence-corrected chi connectivity index (χ1v) is 7.07. The fourth-order valence-corrected chi connectivity index (χ4v) is 2.50. The van der Waals surface area contributed by atoms with Gasteiger partial charge in [0.05, 0.1) is 0 Å². The van der Waals surface area contributed by atoms with E-state index >= 15 is 0 Å². The number of carbonyl (C=O) groups is 2. The van der Waals surface area contributed by atoms with Crippen molar-refractivity contribution in [3.05, 3.63) is 29.1 Å². The molecule has 1 unspecified atom stereocenters. The summed E-state index contributed by atoms with van der Waals surface area (Å²) in [6.45, 7) is 0. The van der Waals surface area contributed by atoms with E-state index in [0.717, 1.165) is 5.56 Å². The zero-order valence-corrected chi connectivity index (χ0v) is 11.7. The number of aliphatic carboxylic acids is 1. The molecule has 1 aliphatic rings. The number of nitrogens with one attached hydrogen (secondary N) is 1. The standard InChI is InChI=1S/C15H19FN2O3/c16-11-8-13-9(5-6-14(19)18-13)7-10(11)12(17)3-1-2-4-15(20)21/h7-8,12H,1-6,17H2,(H,18,19)(H,20,21). The Morgan fingerprint density at radius 2 is 2.14 bits per heavy atom. The topological polar surface area (TPSA) is 92.4 Å². The van der Waals surface area contributed by atoms with Crippen LogP contribution in [0.3, 0.4) is 0 Å². The highest BCUT2D eigenvalue weighted by molar-refractivity contribution is 5.93. The molecule has 5 nitrogen and oxygen atoms in total. The lowest BCUT2D eigenvalue weighted by atomic mass is 9.94. The number of nitrogens with two attached hydrogens (primary N) is 1. The van der Waals surface area contributed by atoms with Crippen LogP contribution < -0.4 is 11.1 Å². The Hall–Kier alpha value is -1.95. The van der Waals surface area contributed by atoms with Crippen LogP contribution in [0.25, 0.3) is 0 Å². The highest BCUT2D eigenvalue weighted by atomic mass is 19.1. The molecule has 0 fully saturated rings. The number of benzene rings is 1. The SMILES string of the molecule is NC(CCCCC(=O)O)c1cc2c(cc1F)NC(=O)CC2. The number of carbonyl (C=O) groups excluding carboxylic acids is 1. The summed E-state index contributed by atoms with van der Waals surface area (Å²) in [5.41, 5.74) is 7.84. The number of halogens is 1. The summed E-state index contributed by atoms with van der Waals surface area (Å²) in [5.74, 6) is -1.37. The molecule has 1 aliphatic heterocycles. The van der Waals surface area contributed by atoms with E-state index in [0.29, 0.717) is 43.4 Å². The molecule has 0 bridgehead atoms. The number of anilines is 1. The molecule has 1 amide bonds. The van der Waals surface area contributed by atoms with Crippen molar-refractivity contribution < 1.29 is 19.1 Å². The molecule has 1 heterocycles. The average molecular weight is 294 g/mol. The van der Waals surface area contributed by atoms with Crippen LogP contribution in [0.4, 0.5) is 10.1 Å². The lowest BCUT2D eigenvalue weighted by Gasteiger charge is -2.20. The van der Waals surface area contributed by atoms with Gasteiger partial charge in [0.2, 0.25) is 5.91 Å². The van der Waals surface area contributed by atoms with Gasteiger partial charge in [-0.2, -0.15) is 0 Å². The smallest absolute Gasteiger partial charge is 0.303 e. The molecule has 1 aromatic carbocycles. The third kappa shape index (κ3) is 4.01. The maximum Gasteiger partial charge on any atom is 0.303 e. The van der Waals surface area contributed by atoms with Crippen LogP contribution in [-0.2, 0) is 16.0 Å². The second-order valence-electron chi connectivity index (χ2n) is 5.33.